The van der Waals surface area contributed by atoms with E-state index in [-0.39, 0.29) is 17.4 Å². The van der Waals surface area contributed by atoms with Gasteiger partial charge in [-0.25, -0.2) is 0 Å². The highest BCUT2D eigenvalue weighted by molar-refractivity contribution is 5.93. The molecule has 0 aliphatic heterocycles. The van der Waals surface area contributed by atoms with Crippen LogP contribution in [-0.2, 0) is 12.5 Å². The van der Waals surface area contributed by atoms with Crippen molar-refractivity contribution in [3.63, 3.8) is 0 Å². The average molecular weight is 298 g/mol. The topological polar surface area (TPSA) is 34.0 Å². The first-order valence-corrected chi connectivity index (χ1v) is 7.80. The lowest BCUT2D eigenvalue weighted by Gasteiger charge is -2.29. The Balaban J connectivity index is 2.02. The molecule has 1 N–H and O–H groups in total. The smallest absolute Gasteiger partial charge is 0.268 e. The van der Waals surface area contributed by atoms with E-state index in [2.05, 4.69) is 50.4 Å². The molecule has 1 heterocycles. The first-order valence-electron chi connectivity index (χ1n) is 7.80. The van der Waals surface area contributed by atoms with Crippen molar-refractivity contribution in [2.24, 2.45) is 7.05 Å². The van der Waals surface area contributed by atoms with Crippen molar-refractivity contribution in [1.29, 1.82) is 0 Å². The molecule has 3 nitrogen and oxygen atoms in total. The highest BCUT2D eigenvalue weighted by Crippen LogP contribution is 2.28. The van der Waals surface area contributed by atoms with Crippen LogP contribution in [0, 0.1) is 6.92 Å². The number of nitrogens with zero attached hydrogens (tertiary/aromatic N) is 1. The molecule has 0 spiro atoms. The number of benzene rings is 1. The molecule has 1 aromatic heterocycles. The van der Waals surface area contributed by atoms with Gasteiger partial charge in [-0.1, -0.05) is 44.2 Å². The monoisotopic (exact) mass is 298 g/mol. The average Bonchev–Trinajstić information content (AvgIpc) is 2.79. The summed E-state index contributed by atoms with van der Waals surface area (Å²) in [6.45, 7) is 8.51. The molecular formula is C19H26N2O. The number of aromatic nitrogens is 1. The van der Waals surface area contributed by atoms with Gasteiger partial charge in [0.25, 0.3) is 5.91 Å². The van der Waals surface area contributed by atoms with Gasteiger partial charge >= 0.3 is 0 Å². The minimum atomic E-state index is -0.00744. The Morgan fingerprint density at radius 2 is 1.82 bits per heavy atom. The van der Waals surface area contributed by atoms with Crippen LogP contribution in [0.4, 0.5) is 0 Å². The second-order valence-electron chi connectivity index (χ2n) is 6.75. The summed E-state index contributed by atoms with van der Waals surface area (Å²) >= 11 is 0. The Bertz CT molecular complexity index is 641. The third-order valence-electron chi connectivity index (χ3n) is 4.35. The number of hydrogen-bond donors (Lipinski definition) is 1. The van der Waals surface area contributed by atoms with Crippen LogP contribution >= 0.6 is 0 Å². The van der Waals surface area contributed by atoms with E-state index in [1.54, 1.807) is 0 Å². The molecule has 1 unspecified atom stereocenters. The van der Waals surface area contributed by atoms with Crippen molar-refractivity contribution in [3.05, 3.63) is 59.4 Å². The summed E-state index contributed by atoms with van der Waals surface area (Å²) in [6, 6.07) is 14.4. The van der Waals surface area contributed by atoms with Gasteiger partial charge in [0.2, 0.25) is 0 Å². The van der Waals surface area contributed by atoms with Gasteiger partial charge in [-0.05, 0) is 43.4 Å². The third kappa shape index (κ3) is 3.59. The summed E-state index contributed by atoms with van der Waals surface area (Å²) in [5.74, 6) is -0.00744. The molecule has 118 valence electrons. The molecule has 1 amide bonds. The molecule has 0 radical (unpaired) electrons. The first kappa shape index (κ1) is 16.3. The maximum atomic E-state index is 12.4. The van der Waals surface area contributed by atoms with Gasteiger partial charge in [-0.3, -0.25) is 4.79 Å². The molecule has 0 saturated carbocycles. The fourth-order valence-electron chi connectivity index (χ4n) is 2.96. The summed E-state index contributed by atoms with van der Waals surface area (Å²) in [4.78, 5) is 12.4. The zero-order valence-electron chi connectivity index (χ0n) is 14.2. The zero-order chi connectivity index (χ0) is 16.3. The molecule has 0 fully saturated rings. The molecule has 0 aliphatic carbocycles. The van der Waals surface area contributed by atoms with Gasteiger partial charge < -0.3 is 9.88 Å². The molecule has 0 aliphatic rings. The van der Waals surface area contributed by atoms with Crippen molar-refractivity contribution in [2.45, 2.75) is 45.6 Å². The van der Waals surface area contributed by atoms with Crippen molar-refractivity contribution >= 4 is 5.91 Å². The SMILES string of the molecule is Cc1ccc(C(=O)NC(C)CC(C)(C)c2ccccc2)n1C. The normalized spacial score (nSPS) is 13.0. The summed E-state index contributed by atoms with van der Waals surface area (Å²) in [5.41, 5.74) is 3.12. The van der Waals surface area contributed by atoms with Crippen LogP contribution in [-0.4, -0.2) is 16.5 Å². The van der Waals surface area contributed by atoms with Crippen LogP contribution < -0.4 is 5.32 Å². The van der Waals surface area contributed by atoms with Crippen molar-refractivity contribution in [3.8, 4) is 0 Å². The lowest BCUT2D eigenvalue weighted by Crippen LogP contribution is -2.38. The summed E-state index contributed by atoms with van der Waals surface area (Å²) in [7, 11) is 1.92. The lowest BCUT2D eigenvalue weighted by molar-refractivity contribution is 0.0926. The quantitative estimate of drug-likeness (QED) is 0.894. The molecule has 1 aromatic carbocycles. The van der Waals surface area contributed by atoms with Gasteiger partial charge in [-0.15, -0.1) is 0 Å². The predicted octanol–water partition coefficient (Wildman–Crippen LogP) is 3.82. The second kappa shape index (κ2) is 6.39. The van der Waals surface area contributed by atoms with Gasteiger partial charge in [0.1, 0.15) is 5.69 Å². The Hall–Kier alpha value is -2.03. The van der Waals surface area contributed by atoms with Gasteiger partial charge in [0, 0.05) is 18.8 Å². The molecule has 3 heteroatoms. The predicted molar refractivity (Wildman–Crippen MR) is 91.2 cm³/mol. The maximum Gasteiger partial charge on any atom is 0.268 e. The second-order valence-corrected chi connectivity index (χ2v) is 6.75. The Labute approximate surface area is 133 Å². The number of hydrogen-bond acceptors (Lipinski definition) is 1. The Kier molecular flexibility index (Phi) is 4.74. The molecule has 2 rings (SSSR count). The molecule has 2 aromatic rings. The number of carbonyl (C=O) groups excluding carboxylic acids is 1. The van der Waals surface area contributed by atoms with E-state index in [1.807, 2.05) is 36.7 Å². The van der Waals surface area contributed by atoms with E-state index in [0.29, 0.717) is 5.69 Å². The van der Waals surface area contributed by atoms with Crippen molar-refractivity contribution in [1.82, 2.24) is 9.88 Å². The lowest BCUT2D eigenvalue weighted by atomic mass is 9.79. The number of carbonyl (C=O) groups is 1. The molecule has 0 saturated heterocycles. The Morgan fingerprint density at radius 1 is 1.18 bits per heavy atom. The summed E-state index contributed by atoms with van der Waals surface area (Å²) in [5, 5.41) is 3.12. The van der Waals surface area contributed by atoms with E-state index in [4.69, 9.17) is 0 Å². The zero-order valence-corrected chi connectivity index (χ0v) is 14.2. The highest BCUT2D eigenvalue weighted by atomic mass is 16.2. The minimum Gasteiger partial charge on any atom is -0.348 e. The van der Waals surface area contributed by atoms with Crippen LogP contribution in [0.2, 0.25) is 0 Å². The largest absolute Gasteiger partial charge is 0.348 e. The molecule has 22 heavy (non-hydrogen) atoms. The van der Waals surface area contributed by atoms with Gasteiger partial charge in [-0.2, -0.15) is 0 Å². The number of rotatable bonds is 5. The van der Waals surface area contributed by atoms with Crippen LogP contribution in [0.5, 0.6) is 0 Å². The highest BCUT2D eigenvalue weighted by Gasteiger charge is 2.24. The van der Waals surface area contributed by atoms with Crippen LogP contribution in [0.3, 0.4) is 0 Å². The van der Waals surface area contributed by atoms with Crippen LogP contribution in [0.15, 0.2) is 42.5 Å². The maximum absolute atomic E-state index is 12.4. The van der Waals surface area contributed by atoms with E-state index >= 15 is 0 Å². The van der Waals surface area contributed by atoms with E-state index < -0.39 is 0 Å². The number of nitrogens with one attached hydrogen (secondary N) is 1. The fourth-order valence-corrected chi connectivity index (χ4v) is 2.96. The minimum absolute atomic E-state index is 0.00744. The third-order valence-corrected chi connectivity index (χ3v) is 4.35. The number of aryl methyl sites for hydroxylation is 1. The first-order chi connectivity index (χ1) is 10.3. The van der Waals surface area contributed by atoms with Crippen molar-refractivity contribution < 1.29 is 4.79 Å². The van der Waals surface area contributed by atoms with Gasteiger partial charge in [0.15, 0.2) is 0 Å². The Morgan fingerprint density at radius 3 is 2.36 bits per heavy atom. The molecular weight excluding hydrogens is 272 g/mol. The van der Waals surface area contributed by atoms with E-state index in [9.17, 15) is 4.79 Å². The van der Waals surface area contributed by atoms with Crippen LogP contribution in [0.25, 0.3) is 0 Å². The van der Waals surface area contributed by atoms with E-state index in [1.165, 1.54) is 5.56 Å². The van der Waals surface area contributed by atoms with Crippen molar-refractivity contribution in [2.75, 3.05) is 0 Å². The standard InChI is InChI=1S/C19H26N2O/c1-14(13-19(3,4)16-9-7-6-8-10-16)20-18(22)17-12-11-15(2)21(17)5/h6-12,14H,13H2,1-5H3,(H,20,22). The summed E-state index contributed by atoms with van der Waals surface area (Å²) in [6.07, 6.45) is 0.895. The molecule has 1 atom stereocenters. The summed E-state index contributed by atoms with van der Waals surface area (Å²) < 4.78 is 1.92. The molecule has 0 bridgehead atoms. The fraction of sp³-hybridized carbons (Fsp3) is 0.421. The number of amides is 1. The van der Waals surface area contributed by atoms with Gasteiger partial charge in [0.05, 0.1) is 0 Å². The van der Waals surface area contributed by atoms with Crippen LogP contribution in [0.1, 0.15) is 48.9 Å². The van der Waals surface area contributed by atoms with E-state index in [0.717, 1.165) is 12.1 Å².